The maximum atomic E-state index is 11.7. The highest BCUT2D eigenvalue weighted by Crippen LogP contribution is 2.35. The highest BCUT2D eigenvalue weighted by molar-refractivity contribution is 5.93. The molecule has 28 heavy (non-hydrogen) atoms. The van der Waals surface area contributed by atoms with E-state index in [1.54, 1.807) is 12.1 Å². The number of benzene rings is 2. The first kappa shape index (κ1) is 18.8. The molecule has 0 fully saturated rings. The predicted octanol–water partition coefficient (Wildman–Crippen LogP) is 3.01. The van der Waals surface area contributed by atoms with E-state index in [9.17, 15) is 19.2 Å². The van der Waals surface area contributed by atoms with Crippen molar-refractivity contribution in [1.29, 1.82) is 0 Å². The number of ether oxygens (including phenoxy) is 2. The van der Waals surface area contributed by atoms with Gasteiger partial charge in [-0.25, -0.2) is 9.59 Å². The van der Waals surface area contributed by atoms with Crippen molar-refractivity contribution in [2.75, 3.05) is 0 Å². The molecular formula is C20H14O8. The van der Waals surface area contributed by atoms with Crippen LogP contribution in [0.15, 0.2) is 51.7 Å². The van der Waals surface area contributed by atoms with Gasteiger partial charge in [0.2, 0.25) is 0 Å². The molecule has 0 aliphatic rings. The first-order valence-corrected chi connectivity index (χ1v) is 8.07. The maximum Gasteiger partial charge on any atom is 0.351 e. The first-order valence-electron chi connectivity index (χ1n) is 8.07. The van der Waals surface area contributed by atoms with Crippen molar-refractivity contribution < 1.29 is 33.4 Å². The summed E-state index contributed by atoms with van der Waals surface area (Å²) in [6.07, 6.45) is 0. The average molecular weight is 382 g/mol. The molecule has 8 nitrogen and oxygen atoms in total. The van der Waals surface area contributed by atoms with Gasteiger partial charge in [0.05, 0.1) is 0 Å². The van der Waals surface area contributed by atoms with Crippen molar-refractivity contribution >= 4 is 28.9 Å². The second-order valence-corrected chi connectivity index (χ2v) is 5.85. The van der Waals surface area contributed by atoms with Crippen LogP contribution in [0.3, 0.4) is 0 Å². The van der Waals surface area contributed by atoms with Crippen LogP contribution in [-0.4, -0.2) is 23.0 Å². The Bertz CT molecular complexity index is 1170. The molecular weight excluding hydrogens is 368 g/mol. The molecule has 0 spiro atoms. The molecule has 0 radical (unpaired) electrons. The van der Waals surface area contributed by atoms with E-state index in [1.165, 1.54) is 44.2 Å². The van der Waals surface area contributed by atoms with Crippen molar-refractivity contribution in [3.05, 3.63) is 58.4 Å². The summed E-state index contributed by atoms with van der Waals surface area (Å²) in [5.41, 5.74) is -0.297. The average Bonchev–Trinajstić information content (AvgIpc) is 2.61. The highest BCUT2D eigenvalue weighted by Gasteiger charge is 2.15. The third-order valence-electron chi connectivity index (χ3n) is 3.74. The summed E-state index contributed by atoms with van der Waals surface area (Å²) in [6.45, 7) is 2.50. The molecule has 8 heteroatoms. The van der Waals surface area contributed by atoms with Gasteiger partial charge in [-0.15, -0.1) is 0 Å². The van der Waals surface area contributed by atoms with Crippen molar-refractivity contribution in [3.8, 4) is 22.6 Å². The van der Waals surface area contributed by atoms with Crippen LogP contribution in [0.1, 0.15) is 24.2 Å². The van der Waals surface area contributed by atoms with E-state index < -0.39 is 29.1 Å². The van der Waals surface area contributed by atoms with Crippen LogP contribution < -0.4 is 15.1 Å². The fourth-order valence-corrected chi connectivity index (χ4v) is 2.65. The molecule has 1 aromatic heterocycles. The van der Waals surface area contributed by atoms with E-state index in [4.69, 9.17) is 19.0 Å². The van der Waals surface area contributed by atoms with Crippen LogP contribution >= 0.6 is 0 Å². The molecule has 0 amide bonds. The topological polar surface area (TPSA) is 120 Å². The summed E-state index contributed by atoms with van der Waals surface area (Å²) in [6, 6.07) is 10.3. The monoisotopic (exact) mass is 382 g/mol. The highest BCUT2D eigenvalue weighted by atomic mass is 16.5. The van der Waals surface area contributed by atoms with Crippen molar-refractivity contribution in [2.45, 2.75) is 13.8 Å². The summed E-state index contributed by atoms with van der Waals surface area (Å²) in [5, 5.41) is 9.47. The zero-order valence-corrected chi connectivity index (χ0v) is 14.8. The smallest absolute Gasteiger partial charge is 0.351 e. The van der Waals surface area contributed by atoms with Crippen molar-refractivity contribution in [3.63, 3.8) is 0 Å². The molecule has 1 heterocycles. The maximum absolute atomic E-state index is 11.7. The van der Waals surface area contributed by atoms with E-state index >= 15 is 0 Å². The number of fused-ring (bicyclic) bond motifs is 1. The second kappa shape index (κ2) is 7.36. The Morgan fingerprint density at radius 2 is 1.64 bits per heavy atom. The second-order valence-electron chi connectivity index (χ2n) is 5.85. The lowest BCUT2D eigenvalue weighted by molar-refractivity contribution is -0.133. The number of aromatic carboxylic acids is 1. The van der Waals surface area contributed by atoms with Gasteiger partial charge in [-0.05, 0) is 42.0 Å². The Labute approximate surface area is 157 Å². The predicted molar refractivity (Wildman–Crippen MR) is 97.5 cm³/mol. The fraction of sp³-hybridized carbons (Fsp3) is 0.100. The van der Waals surface area contributed by atoms with Gasteiger partial charge < -0.3 is 19.0 Å². The van der Waals surface area contributed by atoms with E-state index in [0.717, 1.165) is 0 Å². The molecule has 1 N–H and O–H groups in total. The van der Waals surface area contributed by atoms with E-state index in [1.807, 2.05) is 0 Å². The molecule has 3 rings (SSSR count). The Kier molecular flexibility index (Phi) is 4.95. The zero-order chi connectivity index (χ0) is 20.4. The largest absolute Gasteiger partial charge is 0.477 e. The Hall–Kier alpha value is -3.94. The summed E-state index contributed by atoms with van der Waals surface area (Å²) in [7, 11) is 0. The Morgan fingerprint density at radius 1 is 0.929 bits per heavy atom. The van der Waals surface area contributed by atoms with Crippen LogP contribution in [0.25, 0.3) is 22.1 Å². The van der Waals surface area contributed by atoms with Gasteiger partial charge >= 0.3 is 23.5 Å². The van der Waals surface area contributed by atoms with E-state index in [-0.39, 0.29) is 17.1 Å². The van der Waals surface area contributed by atoms with Gasteiger partial charge in [0.1, 0.15) is 22.6 Å². The number of carbonyl (C=O) groups excluding carboxylic acids is 2. The van der Waals surface area contributed by atoms with Gasteiger partial charge in [0.25, 0.3) is 0 Å². The summed E-state index contributed by atoms with van der Waals surface area (Å²) in [5.74, 6) is -2.00. The van der Waals surface area contributed by atoms with Crippen LogP contribution in [0.2, 0.25) is 0 Å². The zero-order valence-electron chi connectivity index (χ0n) is 14.8. The van der Waals surface area contributed by atoms with Crippen LogP contribution in [0.5, 0.6) is 11.5 Å². The van der Waals surface area contributed by atoms with Gasteiger partial charge in [-0.3, -0.25) is 9.59 Å². The molecule has 3 aromatic rings. The molecule has 0 atom stereocenters. The molecule has 0 saturated carbocycles. The minimum absolute atomic E-state index is 0.198. The standard InChI is InChI=1S/C20H14O8/c1-10(21)26-14-4-6-18(27-11(2)22)15(9-14)12-3-5-17-13(7-12)8-16(19(23)24)20(25)28-17/h3-9H,1-2H3,(H,23,24). The lowest BCUT2D eigenvalue weighted by atomic mass is 10.0. The normalized spacial score (nSPS) is 10.5. The molecule has 0 bridgehead atoms. The number of esters is 2. The number of rotatable bonds is 4. The quantitative estimate of drug-likeness (QED) is 0.415. The van der Waals surface area contributed by atoms with Gasteiger partial charge in [0, 0.05) is 24.8 Å². The third-order valence-corrected chi connectivity index (χ3v) is 3.74. The fourth-order valence-electron chi connectivity index (χ4n) is 2.65. The number of hydrogen-bond acceptors (Lipinski definition) is 7. The molecule has 0 aliphatic carbocycles. The van der Waals surface area contributed by atoms with E-state index in [2.05, 4.69) is 0 Å². The molecule has 0 saturated heterocycles. The van der Waals surface area contributed by atoms with Gasteiger partial charge in [-0.1, -0.05) is 6.07 Å². The Morgan fingerprint density at radius 3 is 2.29 bits per heavy atom. The number of hydrogen-bond donors (Lipinski definition) is 1. The lowest BCUT2D eigenvalue weighted by Crippen LogP contribution is -2.12. The number of carboxylic acid groups (broad SMARTS) is 1. The van der Waals surface area contributed by atoms with E-state index in [0.29, 0.717) is 16.5 Å². The minimum atomic E-state index is -1.40. The molecule has 0 unspecified atom stereocenters. The summed E-state index contributed by atoms with van der Waals surface area (Å²) in [4.78, 5) is 45.5. The van der Waals surface area contributed by atoms with Crippen molar-refractivity contribution in [2.24, 2.45) is 0 Å². The minimum Gasteiger partial charge on any atom is -0.477 e. The van der Waals surface area contributed by atoms with Crippen LogP contribution in [0, 0.1) is 0 Å². The SMILES string of the molecule is CC(=O)Oc1ccc(OC(C)=O)c(-c2ccc3oc(=O)c(C(=O)O)cc3c2)c1. The van der Waals surface area contributed by atoms with Gasteiger partial charge in [-0.2, -0.15) is 0 Å². The van der Waals surface area contributed by atoms with Crippen molar-refractivity contribution in [1.82, 2.24) is 0 Å². The molecule has 0 aliphatic heterocycles. The van der Waals surface area contributed by atoms with Crippen LogP contribution in [-0.2, 0) is 9.59 Å². The van der Waals surface area contributed by atoms with Gasteiger partial charge in [0.15, 0.2) is 0 Å². The third kappa shape index (κ3) is 3.90. The molecule has 142 valence electrons. The summed E-state index contributed by atoms with van der Waals surface area (Å²) >= 11 is 0. The van der Waals surface area contributed by atoms with Crippen LogP contribution in [0.4, 0.5) is 0 Å². The first-order chi connectivity index (χ1) is 13.2. The Balaban J connectivity index is 2.19. The summed E-state index contributed by atoms with van der Waals surface area (Å²) < 4.78 is 15.3. The molecule has 2 aromatic carbocycles. The number of carboxylic acids is 1. The number of carbonyl (C=O) groups is 3. The lowest BCUT2D eigenvalue weighted by Gasteiger charge is -2.12.